The van der Waals surface area contributed by atoms with E-state index in [2.05, 4.69) is 20.1 Å². The maximum Gasteiger partial charge on any atom is 0.330 e. The predicted octanol–water partition coefficient (Wildman–Crippen LogP) is 13.7. The van der Waals surface area contributed by atoms with E-state index in [1.165, 1.54) is 11.3 Å². The lowest BCUT2D eigenvalue weighted by Gasteiger charge is -2.26. The summed E-state index contributed by atoms with van der Waals surface area (Å²) in [6, 6.07) is 26.7. The highest BCUT2D eigenvalue weighted by Gasteiger charge is 2.34. The third kappa shape index (κ3) is 21.1. The van der Waals surface area contributed by atoms with Gasteiger partial charge in [-0.05, 0) is 188 Å². The topological polar surface area (TPSA) is 205 Å². The Labute approximate surface area is 496 Å². The molecule has 2 saturated carbocycles. The SMILES string of the molecule is C=CC(=O)OCCCCCCOc1ccc(OC(=O)[C@H]2CC[C@H](C(=O)Oc3ccc(OC(=O)[C@H]4CC[C@H](C(=O)Oc5ccc(OCCCCCCOC(=O)C=C)cc5)CC4)c(/C=N\N(CCCCCC)c4nc5ccccc5s4)c3)CC2)cc1. The third-order valence-corrected chi connectivity index (χ3v) is 15.8. The van der Waals surface area contributed by atoms with Gasteiger partial charge in [0.2, 0.25) is 5.13 Å². The zero-order valence-corrected chi connectivity index (χ0v) is 49.1. The normalized spacial score (nSPS) is 16.7. The Morgan fingerprint density at radius 2 is 0.952 bits per heavy atom. The van der Waals surface area contributed by atoms with Crippen LogP contribution in [0.4, 0.5) is 5.13 Å². The molecule has 1 aromatic heterocycles. The lowest BCUT2D eigenvalue weighted by Crippen LogP contribution is -2.30. The predicted molar refractivity (Wildman–Crippen MR) is 322 cm³/mol. The van der Waals surface area contributed by atoms with Gasteiger partial charge in [-0.3, -0.25) is 19.2 Å². The number of unbranched alkanes of at least 4 members (excludes halogenated alkanes) is 9. The van der Waals surface area contributed by atoms with E-state index in [4.69, 9.17) is 48.0 Å². The van der Waals surface area contributed by atoms with Crippen molar-refractivity contribution >= 4 is 68.7 Å². The number of hydrogen-bond donors (Lipinski definition) is 0. The van der Waals surface area contributed by atoms with Crippen LogP contribution in [-0.2, 0) is 38.2 Å². The maximum absolute atomic E-state index is 14.0. The largest absolute Gasteiger partial charge is 0.494 e. The number of esters is 6. The molecule has 5 aromatic rings. The Bertz CT molecular complexity index is 2930. The molecule has 84 heavy (non-hydrogen) atoms. The van der Waals surface area contributed by atoms with Crippen LogP contribution in [0.5, 0.6) is 34.5 Å². The van der Waals surface area contributed by atoms with Gasteiger partial charge in [0.15, 0.2) is 0 Å². The highest BCUT2D eigenvalue weighted by Crippen LogP contribution is 2.36. The van der Waals surface area contributed by atoms with E-state index in [9.17, 15) is 28.8 Å². The second kappa shape index (κ2) is 34.7. The van der Waals surface area contributed by atoms with Gasteiger partial charge < -0.3 is 37.9 Å². The number of para-hydroxylation sites is 1. The van der Waals surface area contributed by atoms with Gasteiger partial charge in [0, 0.05) is 24.3 Å². The van der Waals surface area contributed by atoms with Gasteiger partial charge in [-0.15, -0.1) is 0 Å². The number of anilines is 1. The summed E-state index contributed by atoms with van der Waals surface area (Å²) in [6.07, 6.45) is 18.5. The van der Waals surface area contributed by atoms with Crippen molar-refractivity contribution in [1.29, 1.82) is 0 Å². The Balaban J connectivity index is 0.911. The Kier molecular flexibility index (Phi) is 26.3. The van der Waals surface area contributed by atoms with E-state index in [1.54, 1.807) is 72.9 Å². The number of thiazole rings is 1. The van der Waals surface area contributed by atoms with Crippen molar-refractivity contribution in [3.8, 4) is 34.5 Å². The molecule has 2 fully saturated rings. The minimum Gasteiger partial charge on any atom is -0.494 e. The summed E-state index contributed by atoms with van der Waals surface area (Å²) in [5.74, 6) is -1.40. The summed E-state index contributed by atoms with van der Waals surface area (Å²) in [5, 5.41) is 7.51. The molecular weight excluding hydrogens is 1090 g/mol. The van der Waals surface area contributed by atoms with Crippen LogP contribution in [0.15, 0.2) is 121 Å². The molecule has 2 aliphatic carbocycles. The lowest BCUT2D eigenvalue weighted by atomic mass is 9.82. The fourth-order valence-electron chi connectivity index (χ4n) is 9.86. The van der Waals surface area contributed by atoms with Gasteiger partial charge in [0.1, 0.15) is 34.5 Å². The van der Waals surface area contributed by atoms with E-state index in [1.807, 2.05) is 29.3 Å². The monoisotopic (exact) mass is 1170 g/mol. The van der Waals surface area contributed by atoms with Gasteiger partial charge in [-0.25, -0.2) is 19.6 Å². The molecule has 0 N–H and O–H groups in total. The molecule has 0 unspecified atom stereocenters. The van der Waals surface area contributed by atoms with Crippen LogP contribution >= 0.6 is 11.3 Å². The van der Waals surface area contributed by atoms with Crippen molar-refractivity contribution < 1.29 is 66.7 Å². The second-order valence-electron chi connectivity index (χ2n) is 21.1. The first-order valence-corrected chi connectivity index (χ1v) is 30.5. The standard InChI is InChI=1S/C66H79N3O14S/c1-4-7-8-15-40-69(66-68-57-20-13-14-21-59(57)84-66)67-46-51-45-56(82-64(74)49-24-22-47(23-25-49)62(72)80-54-34-30-52(31-35-54)76-41-16-9-11-18-43-78-60(70)5-2)38-39-58(51)83-65(75)50-28-26-48(27-29-50)63(73)81-55-36-32-53(33-37-55)77-42-17-10-12-19-44-79-61(71)6-3/h5-6,13-14,20-21,30-39,45-50H,2-4,7-12,15-19,22-29,40-44H2,1H3/b67-46-/t47-,48-,49-,50-. The van der Waals surface area contributed by atoms with Crippen molar-refractivity contribution in [2.24, 2.45) is 28.8 Å². The van der Waals surface area contributed by atoms with Crippen molar-refractivity contribution in [3.05, 3.63) is 122 Å². The molecule has 4 aromatic carbocycles. The molecule has 0 aliphatic heterocycles. The number of carbonyl (C=O) groups excluding carboxylic acids is 6. The van der Waals surface area contributed by atoms with Crippen LogP contribution in [0.25, 0.3) is 10.2 Å². The van der Waals surface area contributed by atoms with Crippen molar-refractivity contribution in [3.63, 3.8) is 0 Å². The average Bonchev–Trinajstić information content (AvgIpc) is 4.13. The molecular formula is C66H79N3O14S. The second-order valence-corrected chi connectivity index (χ2v) is 22.1. The average molecular weight is 1170 g/mol. The van der Waals surface area contributed by atoms with Gasteiger partial charge >= 0.3 is 35.8 Å². The van der Waals surface area contributed by atoms with Crippen LogP contribution < -0.4 is 33.4 Å². The number of carbonyl (C=O) groups is 6. The Hall–Kier alpha value is -7.86. The van der Waals surface area contributed by atoms with Crippen molar-refractivity contribution in [2.75, 3.05) is 38.0 Å². The van der Waals surface area contributed by atoms with Crippen molar-refractivity contribution in [1.82, 2.24) is 4.98 Å². The van der Waals surface area contributed by atoms with E-state index in [0.29, 0.717) is 113 Å². The van der Waals surface area contributed by atoms with Gasteiger partial charge in [0.05, 0.1) is 66.5 Å². The summed E-state index contributed by atoms with van der Waals surface area (Å²) in [4.78, 5) is 81.5. The molecule has 0 saturated heterocycles. The molecule has 0 atom stereocenters. The number of hydrazone groups is 1. The summed E-state index contributed by atoms with van der Waals surface area (Å²) >= 11 is 1.54. The lowest BCUT2D eigenvalue weighted by molar-refractivity contribution is -0.145. The highest BCUT2D eigenvalue weighted by atomic mass is 32.1. The van der Waals surface area contributed by atoms with Crippen molar-refractivity contribution in [2.45, 2.75) is 135 Å². The zero-order chi connectivity index (χ0) is 59.3. The van der Waals surface area contributed by atoms with Crippen LogP contribution in [0.2, 0.25) is 0 Å². The maximum atomic E-state index is 14.0. The molecule has 0 amide bonds. The van der Waals surface area contributed by atoms with Gasteiger partial charge in [0.25, 0.3) is 0 Å². The van der Waals surface area contributed by atoms with E-state index in [-0.39, 0.29) is 35.3 Å². The summed E-state index contributed by atoms with van der Waals surface area (Å²) in [5.41, 5.74) is 1.29. The quantitative estimate of drug-likeness (QED) is 0.00938. The summed E-state index contributed by atoms with van der Waals surface area (Å²) in [6.45, 7) is 11.4. The van der Waals surface area contributed by atoms with Crippen LogP contribution in [0, 0.1) is 23.7 Å². The fraction of sp³-hybridized carbons (Fsp3) is 0.455. The van der Waals surface area contributed by atoms with Crippen LogP contribution in [0.3, 0.4) is 0 Å². The Morgan fingerprint density at radius 1 is 0.524 bits per heavy atom. The molecule has 0 bridgehead atoms. The van der Waals surface area contributed by atoms with E-state index in [0.717, 1.165) is 105 Å². The smallest absolute Gasteiger partial charge is 0.330 e. The molecule has 18 heteroatoms. The van der Waals surface area contributed by atoms with Crippen LogP contribution in [-0.4, -0.2) is 80.0 Å². The first-order chi connectivity index (χ1) is 41.0. The zero-order valence-electron chi connectivity index (χ0n) is 48.3. The first kappa shape index (κ1) is 63.7. The summed E-state index contributed by atoms with van der Waals surface area (Å²) < 4.78 is 46.4. The number of hydrogen-bond acceptors (Lipinski definition) is 18. The molecule has 448 valence electrons. The minimum absolute atomic E-state index is 0.242. The molecule has 0 radical (unpaired) electrons. The van der Waals surface area contributed by atoms with E-state index >= 15 is 0 Å². The fourth-order valence-corrected chi connectivity index (χ4v) is 10.8. The molecule has 0 spiro atoms. The molecule has 17 nitrogen and oxygen atoms in total. The summed E-state index contributed by atoms with van der Waals surface area (Å²) in [7, 11) is 0. The van der Waals surface area contributed by atoms with E-state index < -0.39 is 35.7 Å². The minimum atomic E-state index is -0.463. The number of aromatic nitrogens is 1. The highest BCUT2D eigenvalue weighted by molar-refractivity contribution is 7.22. The number of rotatable bonds is 34. The number of ether oxygens (including phenoxy) is 8. The van der Waals surface area contributed by atoms with Gasteiger partial charge in [-0.1, -0.05) is 62.8 Å². The first-order valence-electron chi connectivity index (χ1n) is 29.7. The molecule has 7 rings (SSSR count). The number of nitrogens with zero attached hydrogens (tertiary/aromatic N) is 3. The molecule has 1 heterocycles. The molecule has 2 aliphatic rings. The van der Waals surface area contributed by atoms with Crippen LogP contribution in [0.1, 0.15) is 141 Å². The van der Waals surface area contributed by atoms with Gasteiger partial charge in [-0.2, -0.15) is 5.10 Å². The third-order valence-electron chi connectivity index (χ3n) is 14.8. The number of fused-ring (bicyclic) bond motifs is 1. The number of benzene rings is 4. The Morgan fingerprint density at radius 3 is 1.43 bits per heavy atom.